The molecule has 3 nitrogen and oxygen atoms in total. The fraction of sp³-hybridized carbons (Fsp3) is 0.579. The summed E-state index contributed by atoms with van der Waals surface area (Å²) in [6.07, 6.45) is 7.56. The van der Waals surface area contributed by atoms with Gasteiger partial charge in [-0.15, -0.1) is 0 Å². The van der Waals surface area contributed by atoms with Crippen molar-refractivity contribution in [1.29, 1.82) is 0 Å². The van der Waals surface area contributed by atoms with Gasteiger partial charge in [-0.25, -0.2) is 4.99 Å². The van der Waals surface area contributed by atoms with E-state index in [0.29, 0.717) is 12.1 Å². The lowest BCUT2D eigenvalue weighted by atomic mass is 9.96. The highest BCUT2D eigenvalue weighted by Gasteiger charge is 2.33. The second-order valence-electron chi connectivity index (χ2n) is 6.71. The fourth-order valence-corrected chi connectivity index (χ4v) is 5.12. The van der Waals surface area contributed by atoms with Crippen molar-refractivity contribution in [2.45, 2.75) is 64.5 Å². The molecule has 2 fully saturated rings. The summed E-state index contributed by atoms with van der Waals surface area (Å²) < 4.78 is 0. The summed E-state index contributed by atoms with van der Waals surface area (Å²) in [5, 5.41) is 5.53. The van der Waals surface area contributed by atoms with Crippen LogP contribution in [0.3, 0.4) is 0 Å². The Balaban J connectivity index is 1.78. The van der Waals surface area contributed by atoms with Gasteiger partial charge in [0.15, 0.2) is 10.3 Å². The van der Waals surface area contributed by atoms with Gasteiger partial charge in [-0.05, 0) is 50.0 Å². The largest absolute Gasteiger partial charge is 0.359 e. The summed E-state index contributed by atoms with van der Waals surface area (Å²) >= 11 is 7.61. The number of hydrogen-bond acceptors (Lipinski definition) is 3. The number of thioether (sulfide) groups is 1. The Morgan fingerprint density at radius 1 is 1.29 bits per heavy atom. The number of rotatable bonds is 3. The standard InChI is InChI=1S/C19H27N3S2/c1-3-16-13-24-19(21-17-12-8-7-9-14(17)2)22(16)18(23)20-15-10-5-4-6-11-15/h7-9,12,15-16H,3-6,10-11,13H2,1-2H3,(H,20,23)/t16-/m1/s1. The van der Waals surface area contributed by atoms with E-state index < -0.39 is 0 Å². The van der Waals surface area contributed by atoms with Gasteiger partial charge in [-0.2, -0.15) is 0 Å². The second-order valence-corrected chi connectivity index (χ2v) is 8.08. The van der Waals surface area contributed by atoms with Crippen molar-refractivity contribution in [2.24, 2.45) is 4.99 Å². The lowest BCUT2D eigenvalue weighted by Crippen LogP contribution is -2.49. The van der Waals surface area contributed by atoms with Gasteiger partial charge in [0.2, 0.25) is 0 Å². The third-order valence-electron chi connectivity index (χ3n) is 4.93. The van der Waals surface area contributed by atoms with Gasteiger partial charge >= 0.3 is 0 Å². The molecule has 1 aromatic rings. The average molecular weight is 362 g/mol. The molecule has 0 bridgehead atoms. The maximum Gasteiger partial charge on any atom is 0.175 e. The van der Waals surface area contributed by atoms with Crippen LogP contribution in [0, 0.1) is 6.92 Å². The Labute approximate surface area is 155 Å². The lowest BCUT2D eigenvalue weighted by Gasteiger charge is -2.31. The van der Waals surface area contributed by atoms with E-state index in [1.165, 1.54) is 37.7 Å². The number of thiocarbonyl (C=S) groups is 1. The molecule has 0 radical (unpaired) electrons. The Kier molecular flexibility index (Phi) is 6.17. The molecule has 1 aliphatic carbocycles. The highest BCUT2D eigenvalue weighted by atomic mass is 32.2. The van der Waals surface area contributed by atoms with Crippen LogP contribution in [0.2, 0.25) is 0 Å². The van der Waals surface area contributed by atoms with Crippen LogP contribution >= 0.6 is 24.0 Å². The van der Waals surface area contributed by atoms with E-state index >= 15 is 0 Å². The zero-order valence-electron chi connectivity index (χ0n) is 14.6. The maximum absolute atomic E-state index is 5.78. The van der Waals surface area contributed by atoms with E-state index in [0.717, 1.165) is 28.1 Å². The first-order valence-corrected chi connectivity index (χ1v) is 10.4. The van der Waals surface area contributed by atoms with Crippen molar-refractivity contribution in [2.75, 3.05) is 5.75 Å². The van der Waals surface area contributed by atoms with E-state index in [2.05, 4.69) is 42.3 Å². The molecule has 3 rings (SSSR count). The quantitative estimate of drug-likeness (QED) is 0.765. The molecule has 1 atom stereocenters. The summed E-state index contributed by atoms with van der Waals surface area (Å²) in [6, 6.07) is 9.28. The topological polar surface area (TPSA) is 27.6 Å². The summed E-state index contributed by atoms with van der Waals surface area (Å²) in [7, 11) is 0. The van der Waals surface area contributed by atoms with Crippen LogP contribution in [0.25, 0.3) is 0 Å². The molecular formula is C19H27N3S2. The SMILES string of the molecule is CC[C@@H]1CSC(=Nc2ccccc2C)N1C(=S)NC1CCCCC1. The minimum Gasteiger partial charge on any atom is -0.359 e. The molecule has 1 N–H and O–H groups in total. The first-order chi connectivity index (χ1) is 11.7. The number of aryl methyl sites for hydroxylation is 1. The smallest absolute Gasteiger partial charge is 0.175 e. The highest BCUT2D eigenvalue weighted by Crippen LogP contribution is 2.30. The summed E-state index contributed by atoms with van der Waals surface area (Å²) in [5.74, 6) is 1.06. The molecule has 5 heteroatoms. The monoisotopic (exact) mass is 361 g/mol. The van der Waals surface area contributed by atoms with Gasteiger partial charge < -0.3 is 5.32 Å². The van der Waals surface area contributed by atoms with E-state index in [4.69, 9.17) is 17.2 Å². The Morgan fingerprint density at radius 2 is 2.04 bits per heavy atom. The van der Waals surface area contributed by atoms with Gasteiger partial charge in [0.25, 0.3) is 0 Å². The van der Waals surface area contributed by atoms with Gasteiger partial charge in [0.1, 0.15) is 0 Å². The van der Waals surface area contributed by atoms with Crippen molar-refractivity contribution in [1.82, 2.24) is 10.2 Å². The normalized spacial score (nSPS) is 23.7. The minimum atomic E-state index is 0.446. The highest BCUT2D eigenvalue weighted by molar-refractivity contribution is 8.14. The molecule has 0 spiro atoms. The Bertz CT molecular complexity index is 608. The molecule has 1 aromatic carbocycles. The minimum absolute atomic E-state index is 0.446. The lowest BCUT2D eigenvalue weighted by molar-refractivity contribution is 0.393. The number of para-hydroxylation sites is 1. The molecular weight excluding hydrogens is 334 g/mol. The molecule has 1 saturated heterocycles. The summed E-state index contributed by atoms with van der Waals surface area (Å²) in [5.41, 5.74) is 2.25. The first-order valence-electron chi connectivity index (χ1n) is 9.06. The van der Waals surface area contributed by atoms with Gasteiger partial charge in [-0.3, -0.25) is 4.90 Å². The zero-order chi connectivity index (χ0) is 16.9. The fourth-order valence-electron chi connectivity index (χ4n) is 3.39. The number of amidine groups is 1. The third kappa shape index (κ3) is 4.12. The Morgan fingerprint density at radius 3 is 2.75 bits per heavy atom. The maximum atomic E-state index is 5.78. The predicted octanol–water partition coefficient (Wildman–Crippen LogP) is 5.02. The molecule has 1 aliphatic heterocycles. The number of benzene rings is 1. The summed E-state index contributed by atoms with van der Waals surface area (Å²) in [6.45, 7) is 4.34. The van der Waals surface area contributed by atoms with Crippen molar-refractivity contribution in [3.05, 3.63) is 29.8 Å². The van der Waals surface area contributed by atoms with Crippen LogP contribution in [-0.4, -0.2) is 33.0 Å². The Hall–Kier alpha value is -1.07. The molecule has 1 heterocycles. The molecule has 24 heavy (non-hydrogen) atoms. The van der Waals surface area contributed by atoms with E-state index in [-0.39, 0.29) is 0 Å². The molecule has 130 valence electrons. The second kappa shape index (κ2) is 8.34. The van der Waals surface area contributed by atoms with Crippen molar-refractivity contribution in [3.8, 4) is 0 Å². The number of aliphatic imine (C=N–C) groups is 1. The first kappa shape index (κ1) is 17.7. The number of hydrogen-bond donors (Lipinski definition) is 1. The van der Waals surface area contributed by atoms with E-state index in [1.807, 2.05) is 17.8 Å². The van der Waals surface area contributed by atoms with Crippen molar-refractivity contribution in [3.63, 3.8) is 0 Å². The van der Waals surface area contributed by atoms with Crippen molar-refractivity contribution >= 4 is 39.9 Å². The van der Waals surface area contributed by atoms with Crippen molar-refractivity contribution < 1.29 is 0 Å². The number of nitrogens with zero attached hydrogens (tertiary/aromatic N) is 2. The van der Waals surface area contributed by atoms with E-state index in [1.54, 1.807) is 0 Å². The van der Waals surface area contributed by atoms with Crippen LogP contribution < -0.4 is 5.32 Å². The summed E-state index contributed by atoms with van der Waals surface area (Å²) in [4.78, 5) is 7.19. The van der Waals surface area contributed by atoms with Gasteiger partial charge in [0.05, 0.1) is 5.69 Å². The zero-order valence-corrected chi connectivity index (χ0v) is 16.3. The van der Waals surface area contributed by atoms with E-state index in [9.17, 15) is 0 Å². The van der Waals surface area contributed by atoms with Crippen LogP contribution in [0.15, 0.2) is 29.3 Å². The predicted molar refractivity (Wildman–Crippen MR) is 109 cm³/mol. The number of nitrogens with one attached hydrogen (secondary N) is 1. The van der Waals surface area contributed by atoms with Crippen LogP contribution in [-0.2, 0) is 0 Å². The van der Waals surface area contributed by atoms with Crippen LogP contribution in [0.5, 0.6) is 0 Å². The van der Waals surface area contributed by atoms with Crippen LogP contribution in [0.4, 0.5) is 5.69 Å². The molecule has 2 aliphatic rings. The molecule has 0 aromatic heterocycles. The third-order valence-corrected chi connectivity index (χ3v) is 6.34. The van der Waals surface area contributed by atoms with Gasteiger partial charge in [0, 0.05) is 17.8 Å². The average Bonchev–Trinajstić information content (AvgIpc) is 3.00. The molecule has 0 unspecified atom stereocenters. The molecule has 0 amide bonds. The van der Waals surface area contributed by atoms with Crippen LogP contribution in [0.1, 0.15) is 51.0 Å². The molecule has 1 saturated carbocycles. The van der Waals surface area contributed by atoms with Gasteiger partial charge in [-0.1, -0.05) is 56.1 Å².